The summed E-state index contributed by atoms with van der Waals surface area (Å²) in [5.74, 6) is 0.903. The van der Waals surface area contributed by atoms with E-state index in [0.29, 0.717) is 6.10 Å². The summed E-state index contributed by atoms with van der Waals surface area (Å²) in [5.41, 5.74) is 1.37. The zero-order chi connectivity index (χ0) is 18.7. The molecule has 0 bridgehead atoms. The van der Waals surface area contributed by atoms with Gasteiger partial charge >= 0.3 is 0 Å². The lowest BCUT2D eigenvalue weighted by Gasteiger charge is -2.12. The van der Waals surface area contributed by atoms with Crippen molar-refractivity contribution >= 4 is 41.3 Å². The van der Waals surface area contributed by atoms with Gasteiger partial charge in [0, 0.05) is 44.1 Å². The van der Waals surface area contributed by atoms with Crippen molar-refractivity contribution in [2.24, 2.45) is 4.99 Å². The van der Waals surface area contributed by atoms with Gasteiger partial charge in [-0.1, -0.05) is 0 Å². The first kappa shape index (κ1) is 23.8. The van der Waals surface area contributed by atoms with Crippen molar-refractivity contribution < 1.29 is 9.47 Å². The molecule has 2 heterocycles. The van der Waals surface area contributed by atoms with E-state index in [1.807, 2.05) is 11.3 Å². The van der Waals surface area contributed by atoms with Crippen LogP contribution < -0.4 is 10.6 Å². The van der Waals surface area contributed by atoms with Gasteiger partial charge in [-0.25, -0.2) is 4.98 Å². The normalized spacial score (nSPS) is 19.2. The van der Waals surface area contributed by atoms with Gasteiger partial charge in [-0.2, -0.15) is 0 Å². The summed E-state index contributed by atoms with van der Waals surface area (Å²) >= 11 is 1.92. The Labute approximate surface area is 190 Å². The molecular weight excluding hydrogens is 487 g/mol. The molecule has 2 aliphatic rings. The minimum atomic E-state index is 0. The van der Waals surface area contributed by atoms with Crippen LogP contribution in [-0.2, 0) is 28.7 Å². The maximum Gasteiger partial charge on any atom is 0.191 e. The largest absolute Gasteiger partial charge is 0.379 e. The molecule has 3 rings (SSSR count). The third-order valence-electron chi connectivity index (χ3n) is 4.91. The van der Waals surface area contributed by atoms with E-state index in [-0.39, 0.29) is 24.0 Å². The standard InChI is InChI=1S/C20H34N4O2S.HI/c1-2-21-20(23-12-6-13-26-16-10-14-25-15-16)22-11-5-9-19-24-17-7-3-4-8-18(17)27-19;/h16H,2-15H2,1H3,(H2,21,22,23);1H. The maximum atomic E-state index is 5.80. The molecule has 1 unspecified atom stereocenters. The van der Waals surface area contributed by atoms with Crippen LogP contribution in [0.2, 0.25) is 0 Å². The second kappa shape index (κ2) is 13.7. The van der Waals surface area contributed by atoms with Gasteiger partial charge < -0.3 is 20.1 Å². The zero-order valence-corrected chi connectivity index (χ0v) is 20.2. The molecule has 0 radical (unpaired) electrons. The van der Waals surface area contributed by atoms with E-state index in [4.69, 9.17) is 19.5 Å². The molecule has 8 heteroatoms. The van der Waals surface area contributed by atoms with Crippen LogP contribution in [0.4, 0.5) is 0 Å². The molecule has 1 saturated heterocycles. The lowest BCUT2D eigenvalue weighted by molar-refractivity contribution is 0.0420. The van der Waals surface area contributed by atoms with Crippen molar-refractivity contribution in [2.75, 3.05) is 39.5 Å². The Morgan fingerprint density at radius 3 is 2.96 bits per heavy atom. The number of nitrogens with one attached hydrogen (secondary N) is 2. The number of aromatic nitrogens is 1. The molecule has 1 aromatic heterocycles. The topological polar surface area (TPSA) is 67.8 Å². The summed E-state index contributed by atoms with van der Waals surface area (Å²) < 4.78 is 11.1. The number of ether oxygens (including phenoxy) is 2. The molecule has 2 N–H and O–H groups in total. The first-order chi connectivity index (χ1) is 13.3. The van der Waals surface area contributed by atoms with E-state index in [9.17, 15) is 0 Å². The van der Waals surface area contributed by atoms with Crippen molar-refractivity contribution in [3.05, 3.63) is 15.6 Å². The van der Waals surface area contributed by atoms with E-state index >= 15 is 0 Å². The Morgan fingerprint density at radius 2 is 2.18 bits per heavy atom. The Balaban J connectivity index is 0.00000280. The predicted molar refractivity (Wildman–Crippen MR) is 126 cm³/mol. The fraction of sp³-hybridized carbons (Fsp3) is 0.800. The number of aryl methyl sites for hydroxylation is 3. The smallest absolute Gasteiger partial charge is 0.191 e. The number of halogens is 1. The molecule has 0 amide bonds. The molecule has 6 nitrogen and oxygen atoms in total. The Kier molecular flexibility index (Phi) is 11.7. The second-order valence-corrected chi connectivity index (χ2v) is 8.35. The van der Waals surface area contributed by atoms with Crippen LogP contribution >= 0.6 is 35.3 Å². The molecule has 1 aliphatic carbocycles. The molecule has 28 heavy (non-hydrogen) atoms. The molecule has 1 aliphatic heterocycles. The highest BCUT2D eigenvalue weighted by Crippen LogP contribution is 2.27. The number of fused-ring (bicyclic) bond motifs is 1. The summed E-state index contributed by atoms with van der Waals surface area (Å²) in [5, 5.41) is 8.01. The molecular formula is C20H35IN4O2S. The van der Waals surface area contributed by atoms with Crippen molar-refractivity contribution in [3.8, 4) is 0 Å². The van der Waals surface area contributed by atoms with Crippen LogP contribution in [0.3, 0.4) is 0 Å². The molecule has 160 valence electrons. The lowest BCUT2D eigenvalue weighted by atomic mass is 10.0. The third-order valence-corrected chi connectivity index (χ3v) is 6.13. The highest BCUT2D eigenvalue weighted by atomic mass is 127. The molecule has 1 fully saturated rings. The van der Waals surface area contributed by atoms with Crippen LogP contribution in [0.1, 0.15) is 54.6 Å². The van der Waals surface area contributed by atoms with Crippen LogP contribution in [0.5, 0.6) is 0 Å². The first-order valence-electron chi connectivity index (χ1n) is 10.5. The van der Waals surface area contributed by atoms with Gasteiger partial charge in [-0.05, 0) is 51.9 Å². The van der Waals surface area contributed by atoms with Gasteiger partial charge in [0.1, 0.15) is 0 Å². The monoisotopic (exact) mass is 522 g/mol. The quantitative estimate of drug-likeness (QED) is 0.214. The first-order valence-corrected chi connectivity index (χ1v) is 11.4. The summed E-state index contributed by atoms with van der Waals surface area (Å²) in [6, 6.07) is 0. The van der Waals surface area contributed by atoms with E-state index in [1.165, 1.54) is 41.3 Å². The average Bonchev–Trinajstić information content (AvgIpc) is 3.34. The summed E-state index contributed by atoms with van der Waals surface area (Å²) in [6.45, 7) is 7.04. The summed E-state index contributed by atoms with van der Waals surface area (Å²) in [4.78, 5) is 11.0. The fourth-order valence-electron chi connectivity index (χ4n) is 3.45. The van der Waals surface area contributed by atoms with Crippen molar-refractivity contribution in [1.82, 2.24) is 15.6 Å². The highest BCUT2D eigenvalue weighted by Gasteiger charge is 2.15. The van der Waals surface area contributed by atoms with Gasteiger partial charge in [0.25, 0.3) is 0 Å². The maximum absolute atomic E-state index is 5.80. The number of rotatable bonds is 10. The van der Waals surface area contributed by atoms with Gasteiger partial charge in [-0.3, -0.25) is 4.99 Å². The SMILES string of the molecule is CCNC(=NCCCc1nc2c(s1)CCCC2)NCCCOC1CCOC1.I. The molecule has 0 spiro atoms. The minimum Gasteiger partial charge on any atom is -0.379 e. The van der Waals surface area contributed by atoms with E-state index in [1.54, 1.807) is 0 Å². The van der Waals surface area contributed by atoms with Crippen LogP contribution in [0.25, 0.3) is 0 Å². The Morgan fingerprint density at radius 1 is 1.29 bits per heavy atom. The highest BCUT2D eigenvalue weighted by molar-refractivity contribution is 14.0. The van der Waals surface area contributed by atoms with E-state index in [0.717, 1.165) is 71.1 Å². The number of nitrogens with zero attached hydrogens (tertiary/aromatic N) is 2. The molecule has 0 saturated carbocycles. The Hall–Kier alpha value is -0.450. The summed E-state index contributed by atoms with van der Waals surface area (Å²) in [7, 11) is 0. The van der Waals surface area contributed by atoms with Crippen molar-refractivity contribution in [1.29, 1.82) is 0 Å². The van der Waals surface area contributed by atoms with Gasteiger partial charge in [0.05, 0.1) is 23.4 Å². The second-order valence-electron chi connectivity index (χ2n) is 7.19. The number of hydrogen-bond donors (Lipinski definition) is 2. The van der Waals surface area contributed by atoms with Crippen LogP contribution in [0.15, 0.2) is 4.99 Å². The van der Waals surface area contributed by atoms with E-state index < -0.39 is 0 Å². The molecule has 1 aromatic rings. The number of thiazole rings is 1. The lowest BCUT2D eigenvalue weighted by Crippen LogP contribution is -2.38. The molecule has 1 atom stereocenters. The van der Waals surface area contributed by atoms with Gasteiger partial charge in [0.2, 0.25) is 0 Å². The average molecular weight is 522 g/mol. The van der Waals surface area contributed by atoms with Gasteiger partial charge in [0.15, 0.2) is 5.96 Å². The number of aliphatic imine (C=N–C) groups is 1. The van der Waals surface area contributed by atoms with Crippen molar-refractivity contribution in [2.45, 2.75) is 64.4 Å². The zero-order valence-electron chi connectivity index (χ0n) is 17.0. The third kappa shape index (κ3) is 8.12. The summed E-state index contributed by atoms with van der Waals surface area (Å²) in [6.07, 6.45) is 9.43. The van der Waals surface area contributed by atoms with Gasteiger partial charge in [-0.15, -0.1) is 35.3 Å². The van der Waals surface area contributed by atoms with E-state index in [2.05, 4.69) is 17.6 Å². The number of guanidine groups is 1. The minimum absolute atomic E-state index is 0. The fourth-order valence-corrected chi connectivity index (χ4v) is 4.65. The Bertz CT molecular complexity index is 567. The van der Waals surface area contributed by atoms with Crippen molar-refractivity contribution in [3.63, 3.8) is 0 Å². The predicted octanol–water partition coefficient (Wildman–Crippen LogP) is 3.32. The van der Waals surface area contributed by atoms with Crippen LogP contribution in [0, 0.1) is 0 Å². The number of hydrogen-bond acceptors (Lipinski definition) is 5. The van der Waals surface area contributed by atoms with Crippen LogP contribution in [-0.4, -0.2) is 56.5 Å². The molecule has 0 aromatic carbocycles.